The zero-order valence-electron chi connectivity index (χ0n) is 18.1. The fraction of sp³-hybridized carbons (Fsp3) is 0.833. The van der Waals surface area contributed by atoms with E-state index in [1.807, 2.05) is 0 Å². The van der Waals surface area contributed by atoms with Crippen molar-refractivity contribution in [3.05, 3.63) is 0 Å². The van der Waals surface area contributed by atoms with Crippen molar-refractivity contribution >= 4 is 11.9 Å². The molecule has 0 atom stereocenters. The maximum absolute atomic E-state index is 11.8. The van der Waals surface area contributed by atoms with Crippen LogP contribution < -0.4 is 0 Å². The molecular weight excluding hydrogens is 352 g/mol. The second kappa shape index (κ2) is 16.5. The number of hydrogen-bond donors (Lipinski definition) is 0. The zero-order chi connectivity index (χ0) is 20.5. The van der Waals surface area contributed by atoms with Gasteiger partial charge in [-0.3, -0.25) is 9.59 Å². The second-order valence-electron chi connectivity index (χ2n) is 8.11. The molecule has 0 radical (unpaired) electrons. The third-order valence-corrected chi connectivity index (χ3v) is 5.38. The summed E-state index contributed by atoms with van der Waals surface area (Å²) >= 11 is 0. The standard InChI is InChI=1S/C24H40O4/c1-3-4-5-6-7-8-9-10-11-12-13-20-27-23(25)18-19-24(26)28-22-16-14-21(2)15-17-22/h21-22H,3-11,14-20H2,1-2H3. The molecule has 0 unspecified atom stereocenters. The van der Waals surface area contributed by atoms with E-state index in [2.05, 4.69) is 25.7 Å². The van der Waals surface area contributed by atoms with Gasteiger partial charge in [-0.25, -0.2) is 0 Å². The minimum absolute atomic E-state index is 0.0296. The highest BCUT2D eigenvalue weighted by Gasteiger charge is 2.21. The summed E-state index contributed by atoms with van der Waals surface area (Å²) in [7, 11) is 0. The summed E-state index contributed by atoms with van der Waals surface area (Å²) in [6, 6.07) is 0. The molecular formula is C24H40O4. The number of ether oxygens (including phenoxy) is 2. The van der Waals surface area contributed by atoms with Gasteiger partial charge in [-0.05, 0) is 38.0 Å². The Bertz CT molecular complexity index is 481. The quantitative estimate of drug-likeness (QED) is 0.220. The van der Waals surface area contributed by atoms with Crippen molar-refractivity contribution in [2.75, 3.05) is 6.61 Å². The second-order valence-corrected chi connectivity index (χ2v) is 8.11. The maximum Gasteiger partial charge on any atom is 0.307 e. The van der Waals surface area contributed by atoms with Crippen molar-refractivity contribution < 1.29 is 19.1 Å². The largest absolute Gasteiger partial charge is 0.462 e. The van der Waals surface area contributed by atoms with Gasteiger partial charge in [0.25, 0.3) is 0 Å². The first kappa shape index (κ1) is 24.5. The molecule has 0 amide bonds. The minimum atomic E-state index is -0.379. The van der Waals surface area contributed by atoms with Gasteiger partial charge in [-0.2, -0.15) is 0 Å². The molecule has 0 aliphatic heterocycles. The molecule has 1 saturated carbocycles. The van der Waals surface area contributed by atoms with E-state index in [9.17, 15) is 9.59 Å². The third-order valence-electron chi connectivity index (χ3n) is 5.38. The van der Waals surface area contributed by atoms with Crippen LogP contribution in [0.5, 0.6) is 0 Å². The van der Waals surface area contributed by atoms with Crippen LogP contribution in [-0.2, 0) is 19.1 Å². The molecule has 0 heterocycles. The summed E-state index contributed by atoms with van der Waals surface area (Å²) in [5.74, 6) is 5.99. The molecule has 0 aromatic rings. The molecule has 1 aliphatic rings. The van der Waals surface area contributed by atoms with Crippen molar-refractivity contribution in [2.45, 2.75) is 116 Å². The molecule has 0 aromatic heterocycles. The summed E-state index contributed by atoms with van der Waals surface area (Å²) in [4.78, 5) is 23.5. The van der Waals surface area contributed by atoms with Gasteiger partial charge in [0.15, 0.2) is 6.61 Å². The monoisotopic (exact) mass is 392 g/mol. The SMILES string of the molecule is CCCCCCCCCCC#CCOC(=O)CCC(=O)OC1CCC(C)CC1. The lowest BCUT2D eigenvalue weighted by atomic mass is 9.89. The Hall–Kier alpha value is -1.50. The first-order valence-corrected chi connectivity index (χ1v) is 11.4. The number of esters is 2. The van der Waals surface area contributed by atoms with Crippen LogP contribution in [0.3, 0.4) is 0 Å². The highest BCUT2D eigenvalue weighted by molar-refractivity contribution is 5.77. The number of rotatable bonds is 13. The minimum Gasteiger partial charge on any atom is -0.462 e. The molecule has 4 nitrogen and oxygen atoms in total. The number of carbonyl (C=O) groups excluding carboxylic acids is 2. The highest BCUT2D eigenvalue weighted by Crippen LogP contribution is 2.25. The van der Waals surface area contributed by atoms with E-state index >= 15 is 0 Å². The van der Waals surface area contributed by atoms with Crippen LogP contribution in [0.4, 0.5) is 0 Å². The number of carbonyl (C=O) groups is 2. The Kier molecular flexibility index (Phi) is 14.4. The molecule has 160 valence electrons. The van der Waals surface area contributed by atoms with E-state index in [4.69, 9.17) is 9.47 Å². The highest BCUT2D eigenvalue weighted by atomic mass is 16.5. The van der Waals surface area contributed by atoms with Crippen molar-refractivity contribution in [3.8, 4) is 11.8 Å². The fourth-order valence-corrected chi connectivity index (χ4v) is 3.47. The Balaban J connectivity index is 1.93. The number of hydrogen-bond acceptors (Lipinski definition) is 4. The third kappa shape index (κ3) is 13.6. The van der Waals surface area contributed by atoms with Crippen LogP contribution in [0, 0.1) is 17.8 Å². The predicted molar refractivity (Wildman–Crippen MR) is 113 cm³/mol. The first-order valence-electron chi connectivity index (χ1n) is 11.4. The summed E-state index contributed by atoms with van der Waals surface area (Å²) in [6.45, 7) is 4.58. The zero-order valence-corrected chi connectivity index (χ0v) is 18.1. The predicted octanol–water partition coefficient (Wildman–Crippen LogP) is 5.97. The van der Waals surface area contributed by atoms with E-state index in [0.29, 0.717) is 0 Å². The number of unbranched alkanes of at least 4 members (excludes halogenated alkanes) is 8. The van der Waals surface area contributed by atoms with Crippen LogP contribution in [0.2, 0.25) is 0 Å². The van der Waals surface area contributed by atoms with E-state index in [0.717, 1.165) is 44.4 Å². The molecule has 4 heteroatoms. The molecule has 0 bridgehead atoms. The van der Waals surface area contributed by atoms with Crippen LogP contribution in [0.25, 0.3) is 0 Å². The van der Waals surface area contributed by atoms with Crippen molar-refractivity contribution in [1.29, 1.82) is 0 Å². The average molecular weight is 393 g/mol. The molecule has 28 heavy (non-hydrogen) atoms. The maximum atomic E-state index is 11.8. The van der Waals surface area contributed by atoms with E-state index in [-0.39, 0.29) is 37.5 Å². The van der Waals surface area contributed by atoms with Crippen molar-refractivity contribution in [3.63, 3.8) is 0 Å². The van der Waals surface area contributed by atoms with Gasteiger partial charge in [-0.15, -0.1) is 0 Å². The normalized spacial score (nSPS) is 18.8. The van der Waals surface area contributed by atoms with Gasteiger partial charge in [0, 0.05) is 6.42 Å². The smallest absolute Gasteiger partial charge is 0.307 e. The molecule has 0 spiro atoms. The Morgan fingerprint density at radius 3 is 2.11 bits per heavy atom. The lowest BCUT2D eigenvalue weighted by Crippen LogP contribution is -2.24. The van der Waals surface area contributed by atoms with Crippen LogP contribution in [0.1, 0.15) is 110 Å². The van der Waals surface area contributed by atoms with Crippen LogP contribution in [-0.4, -0.2) is 24.6 Å². The lowest BCUT2D eigenvalue weighted by Gasteiger charge is -2.25. The van der Waals surface area contributed by atoms with Gasteiger partial charge < -0.3 is 9.47 Å². The lowest BCUT2D eigenvalue weighted by molar-refractivity contribution is -0.154. The van der Waals surface area contributed by atoms with Crippen LogP contribution in [0.15, 0.2) is 0 Å². The molecule has 1 fully saturated rings. The summed E-state index contributed by atoms with van der Waals surface area (Å²) < 4.78 is 10.5. The van der Waals surface area contributed by atoms with Crippen LogP contribution >= 0.6 is 0 Å². The Morgan fingerprint density at radius 2 is 1.43 bits per heavy atom. The van der Waals surface area contributed by atoms with Gasteiger partial charge in [0.05, 0.1) is 12.8 Å². The van der Waals surface area contributed by atoms with E-state index in [1.54, 1.807) is 0 Å². The topological polar surface area (TPSA) is 52.6 Å². The molecule has 1 rings (SSSR count). The summed E-state index contributed by atoms with van der Waals surface area (Å²) in [6.07, 6.45) is 15.5. The van der Waals surface area contributed by atoms with Crippen molar-refractivity contribution in [2.24, 2.45) is 5.92 Å². The summed E-state index contributed by atoms with van der Waals surface area (Å²) in [5.41, 5.74) is 0. The van der Waals surface area contributed by atoms with Gasteiger partial charge in [-0.1, -0.05) is 70.6 Å². The van der Waals surface area contributed by atoms with Gasteiger partial charge in [0.1, 0.15) is 6.10 Å². The molecule has 1 aliphatic carbocycles. The van der Waals surface area contributed by atoms with Gasteiger partial charge >= 0.3 is 11.9 Å². The average Bonchev–Trinajstić information content (AvgIpc) is 2.69. The van der Waals surface area contributed by atoms with Crippen molar-refractivity contribution in [1.82, 2.24) is 0 Å². The van der Waals surface area contributed by atoms with E-state index < -0.39 is 0 Å². The fourth-order valence-electron chi connectivity index (χ4n) is 3.47. The molecule has 0 N–H and O–H groups in total. The molecule has 0 saturated heterocycles. The molecule has 0 aromatic carbocycles. The van der Waals surface area contributed by atoms with Gasteiger partial charge in [0.2, 0.25) is 0 Å². The summed E-state index contributed by atoms with van der Waals surface area (Å²) in [5, 5.41) is 0. The first-order chi connectivity index (χ1) is 13.6. The van der Waals surface area contributed by atoms with E-state index in [1.165, 1.54) is 44.9 Å². The Morgan fingerprint density at radius 1 is 0.821 bits per heavy atom. The Labute approximate surface area is 172 Å².